The highest BCUT2D eigenvalue weighted by atomic mass is 16.5. The van der Waals surface area contributed by atoms with Gasteiger partial charge in [-0.15, -0.1) is 0 Å². The number of imidazole rings is 1. The Bertz CT molecular complexity index is 858. The van der Waals surface area contributed by atoms with Gasteiger partial charge in [-0.1, -0.05) is 31.2 Å². The average Bonchev–Trinajstić information content (AvgIpc) is 3.04. The van der Waals surface area contributed by atoms with Gasteiger partial charge in [0.15, 0.2) is 11.7 Å². The Balaban J connectivity index is 1.70. The first-order valence-electron chi connectivity index (χ1n) is 7.80. The molecule has 0 saturated heterocycles. The Morgan fingerprint density at radius 2 is 2.00 bits per heavy atom. The van der Waals surface area contributed by atoms with Crippen LogP contribution in [-0.4, -0.2) is 22.4 Å². The number of aromatic amines is 1. The molecule has 1 atom stereocenters. The summed E-state index contributed by atoms with van der Waals surface area (Å²) in [6, 6.07) is 17.0. The Kier molecular flexibility index (Phi) is 4.57. The molecule has 1 unspecified atom stereocenters. The molecule has 120 valence electrons. The number of aromatic nitrogens is 2. The third-order valence-electron chi connectivity index (χ3n) is 3.84. The van der Waals surface area contributed by atoms with Crippen LogP contribution in [0.3, 0.4) is 0 Å². The average molecular weight is 319 g/mol. The van der Waals surface area contributed by atoms with Crippen molar-refractivity contribution in [1.82, 2.24) is 9.97 Å². The predicted molar refractivity (Wildman–Crippen MR) is 90.8 cm³/mol. The molecule has 0 fully saturated rings. The summed E-state index contributed by atoms with van der Waals surface area (Å²) in [5.41, 5.74) is 2.74. The van der Waals surface area contributed by atoms with E-state index in [2.05, 4.69) is 16.9 Å². The molecule has 1 aromatic heterocycles. The van der Waals surface area contributed by atoms with E-state index in [1.54, 1.807) is 0 Å². The molecular weight excluding hydrogens is 302 g/mol. The number of nitrogens with zero attached hydrogens (tertiary/aromatic N) is 2. The number of nitriles is 1. The lowest BCUT2D eigenvalue weighted by molar-refractivity contribution is -0.121. The Morgan fingerprint density at radius 3 is 2.67 bits per heavy atom. The van der Waals surface area contributed by atoms with Gasteiger partial charge in [-0.2, -0.15) is 5.26 Å². The molecule has 3 aromatic rings. The zero-order chi connectivity index (χ0) is 16.9. The van der Waals surface area contributed by atoms with Crippen molar-refractivity contribution in [3.8, 4) is 11.8 Å². The van der Waals surface area contributed by atoms with Crippen LogP contribution in [0.25, 0.3) is 11.0 Å². The molecule has 5 nitrogen and oxygen atoms in total. The third-order valence-corrected chi connectivity index (χ3v) is 3.84. The van der Waals surface area contributed by atoms with Crippen molar-refractivity contribution in [3.05, 3.63) is 59.9 Å². The summed E-state index contributed by atoms with van der Waals surface area (Å²) in [6.07, 6.45) is 0.946. The van der Waals surface area contributed by atoms with Gasteiger partial charge in [0.25, 0.3) is 0 Å². The summed E-state index contributed by atoms with van der Waals surface area (Å²) in [5, 5.41) is 9.35. The number of carbonyl (C=O) groups excluding carboxylic acids is 1. The summed E-state index contributed by atoms with van der Waals surface area (Å²) in [7, 11) is 0. The number of Topliss-reactive ketones (excluding diaryl/α,β-unsaturated/α-hetero) is 1. The summed E-state index contributed by atoms with van der Waals surface area (Å²) in [4.78, 5) is 19.7. The van der Waals surface area contributed by atoms with E-state index in [9.17, 15) is 10.1 Å². The van der Waals surface area contributed by atoms with Crippen LogP contribution in [0.2, 0.25) is 0 Å². The lowest BCUT2D eigenvalue weighted by Crippen LogP contribution is -2.20. The maximum atomic E-state index is 12.3. The van der Waals surface area contributed by atoms with Gasteiger partial charge in [-0.05, 0) is 36.2 Å². The molecule has 0 aliphatic heterocycles. The molecule has 0 saturated carbocycles. The quantitative estimate of drug-likeness (QED) is 0.755. The SMILES string of the molecule is CCc1ccc(OCC(=O)C(C#N)c2nc3ccccc3[nH]2)cc1. The van der Waals surface area contributed by atoms with Gasteiger partial charge >= 0.3 is 0 Å². The van der Waals surface area contributed by atoms with Gasteiger partial charge in [0, 0.05) is 0 Å². The topological polar surface area (TPSA) is 78.8 Å². The highest BCUT2D eigenvalue weighted by molar-refractivity contribution is 5.90. The molecule has 0 amide bonds. The summed E-state index contributed by atoms with van der Waals surface area (Å²) < 4.78 is 5.50. The van der Waals surface area contributed by atoms with Crippen LogP contribution < -0.4 is 4.74 Å². The van der Waals surface area contributed by atoms with Crippen molar-refractivity contribution in [2.24, 2.45) is 0 Å². The monoisotopic (exact) mass is 319 g/mol. The maximum absolute atomic E-state index is 12.3. The van der Waals surface area contributed by atoms with E-state index < -0.39 is 5.92 Å². The number of ketones is 1. The first-order valence-corrected chi connectivity index (χ1v) is 7.80. The van der Waals surface area contributed by atoms with Gasteiger partial charge in [-0.3, -0.25) is 4.79 Å². The van der Waals surface area contributed by atoms with Crippen LogP contribution in [0.1, 0.15) is 24.2 Å². The number of benzene rings is 2. The van der Waals surface area contributed by atoms with Crippen LogP contribution >= 0.6 is 0 Å². The number of ether oxygens (including phenoxy) is 1. The third kappa shape index (κ3) is 3.28. The molecule has 0 aliphatic carbocycles. The smallest absolute Gasteiger partial charge is 0.194 e. The van der Waals surface area contributed by atoms with Crippen molar-refractivity contribution in [2.75, 3.05) is 6.61 Å². The number of para-hydroxylation sites is 2. The molecule has 0 aliphatic rings. The minimum absolute atomic E-state index is 0.166. The number of nitrogens with one attached hydrogen (secondary N) is 1. The van der Waals surface area contributed by atoms with Crippen LogP contribution in [0, 0.1) is 11.3 Å². The second kappa shape index (κ2) is 6.97. The lowest BCUT2D eigenvalue weighted by Gasteiger charge is -2.08. The van der Waals surface area contributed by atoms with Crippen molar-refractivity contribution in [2.45, 2.75) is 19.3 Å². The maximum Gasteiger partial charge on any atom is 0.194 e. The first kappa shape index (κ1) is 15.8. The predicted octanol–water partition coefficient (Wildman–Crippen LogP) is 3.38. The minimum Gasteiger partial charge on any atom is -0.486 e. The summed E-state index contributed by atoms with van der Waals surface area (Å²) >= 11 is 0. The van der Waals surface area contributed by atoms with Crippen LogP contribution in [0.15, 0.2) is 48.5 Å². The Morgan fingerprint density at radius 1 is 1.25 bits per heavy atom. The second-order valence-corrected chi connectivity index (χ2v) is 5.45. The minimum atomic E-state index is -0.965. The fraction of sp³-hybridized carbons (Fsp3) is 0.211. The first-order chi connectivity index (χ1) is 11.7. The zero-order valence-corrected chi connectivity index (χ0v) is 13.3. The number of aryl methyl sites for hydroxylation is 1. The standard InChI is InChI=1S/C19H17N3O2/c1-2-13-7-9-14(10-8-13)24-12-18(23)15(11-20)19-21-16-5-3-4-6-17(16)22-19/h3-10,15H,2,12H2,1H3,(H,21,22). The van der Waals surface area contributed by atoms with E-state index >= 15 is 0 Å². The Labute approximate surface area is 139 Å². The highest BCUT2D eigenvalue weighted by Gasteiger charge is 2.24. The van der Waals surface area contributed by atoms with Crippen LogP contribution in [-0.2, 0) is 11.2 Å². The molecule has 2 aromatic carbocycles. The summed E-state index contributed by atoms with van der Waals surface area (Å²) in [6.45, 7) is 1.91. The van der Waals surface area contributed by atoms with E-state index in [0.717, 1.165) is 17.5 Å². The molecule has 1 N–H and O–H groups in total. The van der Waals surface area contributed by atoms with E-state index in [4.69, 9.17) is 4.74 Å². The van der Waals surface area contributed by atoms with Crippen LogP contribution in [0.4, 0.5) is 0 Å². The summed E-state index contributed by atoms with van der Waals surface area (Å²) in [5.74, 6) is -0.320. The van der Waals surface area contributed by atoms with Crippen molar-refractivity contribution in [3.63, 3.8) is 0 Å². The molecule has 0 spiro atoms. The van der Waals surface area contributed by atoms with E-state index in [1.807, 2.05) is 54.6 Å². The van der Waals surface area contributed by atoms with Crippen LogP contribution in [0.5, 0.6) is 5.75 Å². The number of fused-ring (bicyclic) bond motifs is 1. The number of hydrogen-bond acceptors (Lipinski definition) is 4. The number of rotatable bonds is 6. The molecule has 3 rings (SSSR count). The number of hydrogen-bond donors (Lipinski definition) is 1. The van der Waals surface area contributed by atoms with Gasteiger partial charge in [0.1, 0.15) is 18.2 Å². The molecular formula is C19H17N3O2. The van der Waals surface area contributed by atoms with Gasteiger partial charge in [0.2, 0.25) is 0 Å². The fourth-order valence-corrected chi connectivity index (χ4v) is 2.45. The zero-order valence-electron chi connectivity index (χ0n) is 13.3. The van der Waals surface area contributed by atoms with Gasteiger partial charge in [-0.25, -0.2) is 4.98 Å². The number of H-pyrrole nitrogens is 1. The van der Waals surface area contributed by atoms with Crippen molar-refractivity contribution in [1.29, 1.82) is 5.26 Å². The lowest BCUT2D eigenvalue weighted by atomic mass is 10.1. The molecule has 5 heteroatoms. The number of carbonyl (C=O) groups is 1. The highest BCUT2D eigenvalue weighted by Crippen LogP contribution is 2.19. The molecule has 24 heavy (non-hydrogen) atoms. The van der Waals surface area contributed by atoms with Gasteiger partial charge < -0.3 is 9.72 Å². The molecule has 1 heterocycles. The second-order valence-electron chi connectivity index (χ2n) is 5.45. The van der Waals surface area contributed by atoms with Crippen molar-refractivity contribution < 1.29 is 9.53 Å². The van der Waals surface area contributed by atoms with E-state index in [1.165, 1.54) is 5.56 Å². The fourth-order valence-electron chi connectivity index (χ4n) is 2.45. The van der Waals surface area contributed by atoms with E-state index in [0.29, 0.717) is 11.6 Å². The molecule has 0 radical (unpaired) electrons. The van der Waals surface area contributed by atoms with E-state index in [-0.39, 0.29) is 12.4 Å². The van der Waals surface area contributed by atoms with Crippen molar-refractivity contribution >= 4 is 16.8 Å². The Hall–Kier alpha value is -3.13. The molecule has 0 bridgehead atoms. The normalized spacial score (nSPS) is 11.8. The largest absolute Gasteiger partial charge is 0.486 e. The van der Waals surface area contributed by atoms with Gasteiger partial charge in [0.05, 0.1) is 17.1 Å².